The average molecular weight is 287 g/mol. The van der Waals surface area contributed by atoms with Crippen LogP contribution in [-0.4, -0.2) is 21.9 Å². The summed E-state index contributed by atoms with van der Waals surface area (Å²) in [5.41, 5.74) is 5.50. The number of carbonyl (C=O) groups is 1. The maximum Gasteiger partial charge on any atom is 0.226 e. The van der Waals surface area contributed by atoms with Crippen molar-refractivity contribution >= 4 is 5.91 Å². The Morgan fingerprint density at radius 1 is 1.10 bits per heavy atom. The monoisotopic (exact) mass is 286 g/mol. The van der Waals surface area contributed by atoms with Crippen molar-refractivity contribution in [1.82, 2.24) is 4.90 Å². The zero-order valence-corrected chi connectivity index (χ0v) is 15.5. The third kappa shape index (κ3) is 11.0. The summed E-state index contributed by atoms with van der Waals surface area (Å²) >= 11 is 0. The minimum atomic E-state index is -0.280. The van der Waals surface area contributed by atoms with E-state index in [1.165, 1.54) is 0 Å². The summed E-state index contributed by atoms with van der Waals surface area (Å²) in [5, 5.41) is 0. The predicted octanol–water partition coefficient (Wildman–Crippen LogP) is 4.72. The van der Waals surface area contributed by atoms with Gasteiger partial charge in [-0.1, -0.05) is 40.7 Å². The smallest absolute Gasteiger partial charge is 0.226 e. The molecule has 0 aliphatic heterocycles. The molecule has 0 saturated carbocycles. The van der Waals surface area contributed by atoms with Crippen molar-refractivity contribution in [3.63, 3.8) is 0 Å². The van der Waals surface area contributed by atoms with Gasteiger partial charge in [-0.2, -0.15) is 0 Å². The Morgan fingerprint density at radius 2 is 1.50 bits per heavy atom. The fraction of sp³-hybridized carbons (Fsp3) is 0.824. The van der Waals surface area contributed by atoms with Gasteiger partial charge in [0.05, 0.1) is 0 Å². The zero-order valence-electron chi connectivity index (χ0n) is 15.5. The average Bonchev–Trinajstić information content (AvgIpc) is 2.37. The van der Waals surface area contributed by atoms with Crippen LogP contribution in [0.1, 0.15) is 82.1 Å². The predicted molar refractivity (Wildman–Crippen MR) is 91.6 cm³/mol. The Hall–Kier alpha value is -0.830. The summed E-state index contributed by atoms with van der Waals surface area (Å²) in [6, 6.07) is 0. The summed E-state index contributed by atoms with van der Waals surface area (Å²) < 4.78 is 0. The summed E-state index contributed by atoms with van der Waals surface area (Å²) in [6.45, 7) is 19.9. The Labute approximate surface area is 127 Å². The van der Waals surface area contributed by atoms with E-state index in [9.17, 15) is 4.79 Å². The third-order valence-corrected chi connectivity index (χ3v) is 2.41. The van der Waals surface area contributed by atoms with Gasteiger partial charge in [0.1, 0.15) is 0 Å². The molecule has 0 heterocycles. The fourth-order valence-electron chi connectivity index (χ4n) is 2.14. The van der Waals surface area contributed by atoms with Crippen molar-refractivity contribution < 1.29 is 4.79 Å². The second-order valence-electron chi connectivity index (χ2n) is 5.58. The SMILES string of the molecule is C/C=C\N(C(=O)CC)C(C)(C)CC(C)(C)N.CC.CC. The molecule has 0 aliphatic rings. The Kier molecular flexibility index (Phi) is 14.5. The van der Waals surface area contributed by atoms with E-state index in [4.69, 9.17) is 5.73 Å². The highest BCUT2D eigenvalue weighted by molar-refractivity contribution is 5.77. The summed E-state index contributed by atoms with van der Waals surface area (Å²) in [5.74, 6) is 0.132. The van der Waals surface area contributed by atoms with Crippen molar-refractivity contribution in [2.75, 3.05) is 0 Å². The normalized spacial score (nSPS) is 11.2. The lowest BCUT2D eigenvalue weighted by Crippen LogP contribution is -2.50. The van der Waals surface area contributed by atoms with Gasteiger partial charge in [0.25, 0.3) is 0 Å². The molecule has 0 aromatic heterocycles. The standard InChI is InChI=1S/C13H26N2O.2C2H6/c1-7-9-15(11(16)8-2)13(5,6)10-12(3,4)14;2*1-2/h7,9H,8,10,14H2,1-6H3;2*1-2H3/b9-7-;;. The van der Waals surface area contributed by atoms with Crippen molar-refractivity contribution in [1.29, 1.82) is 0 Å². The van der Waals surface area contributed by atoms with Crippen LogP contribution in [0, 0.1) is 0 Å². The molecule has 20 heavy (non-hydrogen) atoms. The van der Waals surface area contributed by atoms with Gasteiger partial charge in [0.15, 0.2) is 0 Å². The number of nitrogens with zero attached hydrogens (tertiary/aromatic N) is 1. The number of amides is 1. The minimum Gasteiger partial charge on any atom is -0.325 e. The van der Waals surface area contributed by atoms with Crippen LogP contribution >= 0.6 is 0 Å². The molecule has 122 valence electrons. The second kappa shape index (κ2) is 12.0. The van der Waals surface area contributed by atoms with Gasteiger partial charge in [0, 0.05) is 23.7 Å². The lowest BCUT2D eigenvalue weighted by atomic mass is 9.86. The highest BCUT2D eigenvalue weighted by Gasteiger charge is 2.32. The molecule has 0 aliphatic carbocycles. The van der Waals surface area contributed by atoms with Crippen LogP contribution in [-0.2, 0) is 4.79 Å². The van der Waals surface area contributed by atoms with Gasteiger partial charge < -0.3 is 10.6 Å². The Balaban J connectivity index is -0.000000656. The lowest BCUT2D eigenvalue weighted by Gasteiger charge is -2.40. The summed E-state index contributed by atoms with van der Waals surface area (Å²) in [6.07, 6.45) is 5.01. The minimum absolute atomic E-state index is 0.132. The molecule has 0 radical (unpaired) electrons. The highest BCUT2D eigenvalue weighted by atomic mass is 16.2. The van der Waals surface area contributed by atoms with Crippen molar-refractivity contribution in [3.05, 3.63) is 12.3 Å². The van der Waals surface area contributed by atoms with Gasteiger partial charge in [-0.25, -0.2) is 0 Å². The highest BCUT2D eigenvalue weighted by Crippen LogP contribution is 2.25. The first kappa shape index (κ1) is 24.2. The lowest BCUT2D eigenvalue weighted by molar-refractivity contribution is -0.133. The maximum atomic E-state index is 11.9. The third-order valence-electron chi connectivity index (χ3n) is 2.41. The maximum absolute atomic E-state index is 11.9. The van der Waals surface area contributed by atoms with E-state index in [0.717, 1.165) is 6.42 Å². The molecule has 0 saturated heterocycles. The van der Waals surface area contributed by atoms with Crippen LogP contribution in [0.25, 0.3) is 0 Å². The van der Waals surface area contributed by atoms with Gasteiger partial charge in [-0.15, -0.1) is 0 Å². The number of rotatable bonds is 5. The molecule has 0 atom stereocenters. The number of hydrogen-bond donors (Lipinski definition) is 1. The quantitative estimate of drug-likeness (QED) is 0.795. The van der Waals surface area contributed by atoms with Gasteiger partial charge in [0.2, 0.25) is 5.91 Å². The first-order valence-electron chi connectivity index (χ1n) is 7.88. The van der Waals surface area contributed by atoms with Crippen molar-refractivity contribution in [2.45, 2.75) is 93.2 Å². The van der Waals surface area contributed by atoms with E-state index < -0.39 is 0 Å². The number of nitrogens with two attached hydrogens (primary N) is 1. The molecule has 3 nitrogen and oxygen atoms in total. The largest absolute Gasteiger partial charge is 0.325 e. The molecule has 0 fully saturated rings. The fourth-order valence-corrected chi connectivity index (χ4v) is 2.14. The molecular weight excluding hydrogens is 248 g/mol. The topological polar surface area (TPSA) is 46.3 Å². The molecule has 1 amide bonds. The van der Waals surface area contributed by atoms with Crippen LogP contribution in [0.15, 0.2) is 12.3 Å². The Morgan fingerprint density at radius 3 is 1.75 bits per heavy atom. The second-order valence-corrected chi connectivity index (χ2v) is 5.58. The van der Waals surface area contributed by atoms with Gasteiger partial charge in [-0.05, 0) is 41.0 Å². The molecule has 0 aromatic carbocycles. The van der Waals surface area contributed by atoms with Crippen LogP contribution < -0.4 is 5.73 Å². The van der Waals surface area contributed by atoms with Crippen LogP contribution in [0.5, 0.6) is 0 Å². The van der Waals surface area contributed by atoms with Crippen molar-refractivity contribution in [2.24, 2.45) is 5.73 Å². The van der Waals surface area contributed by atoms with Crippen molar-refractivity contribution in [3.8, 4) is 0 Å². The molecule has 0 rings (SSSR count). The van der Waals surface area contributed by atoms with E-state index in [1.807, 2.05) is 67.7 Å². The summed E-state index contributed by atoms with van der Waals surface area (Å²) in [4.78, 5) is 13.7. The molecule has 0 spiro atoms. The van der Waals surface area contributed by atoms with E-state index >= 15 is 0 Å². The molecule has 3 heteroatoms. The molecule has 0 bridgehead atoms. The van der Waals surface area contributed by atoms with Crippen LogP contribution in [0.2, 0.25) is 0 Å². The van der Waals surface area contributed by atoms with Crippen LogP contribution in [0.3, 0.4) is 0 Å². The number of hydrogen-bond acceptors (Lipinski definition) is 2. The molecule has 0 aromatic rings. The van der Waals surface area contributed by atoms with Crippen LogP contribution in [0.4, 0.5) is 0 Å². The first-order chi connectivity index (χ1) is 9.14. The van der Waals surface area contributed by atoms with Gasteiger partial charge >= 0.3 is 0 Å². The summed E-state index contributed by atoms with van der Waals surface area (Å²) in [7, 11) is 0. The zero-order chi connectivity index (χ0) is 17.0. The first-order valence-corrected chi connectivity index (χ1v) is 7.88. The molecule has 0 unspecified atom stereocenters. The van der Waals surface area contributed by atoms with E-state index in [-0.39, 0.29) is 17.0 Å². The number of allylic oxidation sites excluding steroid dienone is 1. The van der Waals surface area contributed by atoms with E-state index in [2.05, 4.69) is 13.8 Å². The van der Waals surface area contributed by atoms with E-state index in [0.29, 0.717) is 6.42 Å². The van der Waals surface area contributed by atoms with E-state index in [1.54, 1.807) is 4.90 Å². The molecule has 2 N–H and O–H groups in total. The van der Waals surface area contributed by atoms with Gasteiger partial charge in [-0.3, -0.25) is 4.79 Å². The Bertz CT molecular complexity index is 263. The number of carbonyl (C=O) groups excluding carboxylic acids is 1. The molecular formula is C17H38N2O.